The van der Waals surface area contributed by atoms with Crippen LogP contribution < -0.4 is 11.1 Å². The van der Waals surface area contributed by atoms with E-state index >= 15 is 0 Å². The zero-order valence-corrected chi connectivity index (χ0v) is 5.76. The summed E-state index contributed by atoms with van der Waals surface area (Å²) in [7, 11) is 0. The van der Waals surface area contributed by atoms with Gasteiger partial charge in [0.25, 0.3) is 0 Å². The zero-order chi connectivity index (χ0) is 6.69. The van der Waals surface area contributed by atoms with Gasteiger partial charge in [-0.2, -0.15) is 0 Å². The number of nitrogens with two attached hydrogens (primary N) is 1. The number of nitrogens with one attached hydrogen (secondary N) is 1. The molecule has 0 aromatic rings. The molecule has 0 saturated carbocycles. The summed E-state index contributed by atoms with van der Waals surface area (Å²) in [6, 6.07) is 0.199. The van der Waals surface area contributed by atoms with E-state index in [0.29, 0.717) is 0 Å². The third-order valence-electron chi connectivity index (χ3n) is 1.58. The maximum Gasteiger partial charge on any atom is 0.0862 e. The van der Waals surface area contributed by atoms with Gasteiger partial charge in [-0.1, -0.05) is 0 Å². The molecule has 0 aromatic heterocycles. The predicted octanol–water partition coefficient (Wildman–Crippen LogP) is -0.678. The van der Waals surface area contributed by atoms with Crippen molar-refractivity contribution in [3.63, 3.8) is 0 Å². The number of ether oxygens (including phenoxy) is 1. The minimum atomic E-state index is 0.199. The maximum atomic E-state index is 5.68. The molecule has 9 heavy (non-hydrogen) atoms. The van der Waals surface area contributed by atoms with E-state index < -0.39 is 0 Å². The summed E-state index contributed by atoms with van der Waals surface area (Å²) in [4.78, 5) is 0. The average Bonchev–Trinajstić information content (AvgIpc) is 2.18. The normalized spacial score (nSPS) is 35.3. The first kappa shape index (κ1) is 6.99. The molecule has 1 aliphatic rings. The summed E-state index contributed by atoms with van der Waals surface area (Å²) in [5, 5.41) is 3.16. The molecular formula is C6H14N2O. The molecule has 0 radical (unpaired) electrons. The van der Waals surface area contributed by atoms with Gasteiger partial charge in [0.2, 0.25) is 0 Å². The van der Waals surface area contributed by atoms with Gasteiger partial charge in [0.05, 0.1) is 6.10 Å². The van der Waals surface area contributed by atoms with E-state index in [0.717, 1.165) is 19.7 Å². The molecule has 3 nitrogen and oxygen atoms in total. The van der Waals surface area contributed by atoms with Gasteiger partial charge >= 0.3 is 0 Å². The standard InChI is InChI=1S/C6H14N2O/c1-2-9-6-4-8-3-5(6)7/h5-6,8H,2-4,7H2,1H3/t5-,6+/m0/s1. The highest BCUT2D eigenvalue weighted by atomic mass is 16.5. The minimum absolute atomic E-state index is 0.199. The molecule has 1 heterocycles. The van der Waals surface area contributed by atoms with Gasteiger partial charge in [-0.15, -0.1) is 0 Å². The number of rotatable bonds is 2. The Hall–Kier alpha value is -0.120. The molecule has 3 heteroatoms. The molecule has 1 saturated heterocycles. The zero-order valence-electron chi connectivity index (χ0n) is 5.76. The van der Waals surface area contributed by atoms with E-state index in [4.69, 9.17) is 10.5 Å². The fourth-order valence-corrected chi connectivity index (χ4v) is 1.07. The first-order chi connectivity index (χ1) is 4.34. The Morgan fingerprint density at radius 3 is 2.89 bits per heavy atom. The third kappa shape index (κ3) is 1.64. The lowest BCUT2D eigenvalue weighted by Crippen LogP contribution is -2.35. The lowest BCUT2D eigenvalue weighted by Gasteiger charge is -2.12. The van der Waals surface area contributed by atoms with Crippen molar-refractivity contribution in [3.8, 4) is 0 Å². The van der Waals surface area contributed by atoms with Crippen LogP contribution in [0.5, 0.6) is 0 Å². The summed E-state index contributed by atoms with van der Waals surface area (Å²) in [6.45, 7) is 4.56. The molecule has 0 spiro atoms. The monoisotopic (exact) mass is 130 g/mol. The van der Waals surface area contributed by atoms with Crippen molar-refractivity contribution < 1.29 is 4.74 Å². The van der Waals surface area contributed by atoms with Crippen LogP contribution in [0.3, 0.4) is 0 Å². The fraction of sp³-hybridized carbons (Fsp3) is 1.00. The van der Waals surface area contributed by atoms with Crippen molar-refractivity contribution in [3.05, 3.63) is 0 Å². The molecule has 0 amide bonds. The summed E-state index contributed by atoms with van der Waals surface area (Å²) >= 11 is 0. The van der Waals surface area contributed by atoms with E-state index in [9.17, 15) is 0 Å². The molecule has 1 aliphatic heterocycles. The Balaban J connectivity index is 2.22. The second kappa shape index (κ2) is 3.15. The van der Waals surface area contributed by atoms with Crippen LogP contribution in [0.15, 0.2) is 0 Å². The lowest BCUT2D eigenvalue weighted by atomic mass is 10.2. The molecule has 1 fully saturated rings. The van der Waals surface area contributed by atoms with Crippen LogP contribution in [0.25, 0.3) is 0 Å². The highest BCUT2D eigenvalue weighted by Gasteiger charge is 2.22. The van der Waals surface area contributed by atoms with Gasteiger partial charge in [0.1, 0.15) is 0 Å². The molecule has 0 aromatic carbocycles. The van der Waals surface area contributed by atoms with Gasteiger partial charge in [-0.3, -0.25) is 0 Å². The van der Waals surface area contributed by atoms with Gasteiger partial charge < -0.3 is 15.8 Å². The Morgan fingerprint density at radius 2 is 2.44 bits per heavy atom. The smallest absolute Gasteiger partial charge is 0.0862 e. The topological polar surface area (TPSA) is 47.3 Å². The maximum absolute atomic E-state index is 5.68. The Labute approximate surface area is 55.6 Å². The van der Waals surface area contributed by atoms with E-state index in [1.54, 1.807) is 0 Å². The first-order valence-corrected chi connectivity index (χ1v) is 3.42. The Bertz CT molecular complexity index is 87.1. The van der Waals surface area contributed by atoms with E-state index in [-0.39, 0.29) is 12.1 Å². The predicted molar refractivity (Wildman–Crippen MR) is 36.3 cm³/mol. The van der Waals surface area contributed by atoms with Crippen molar-refractivity contribution in [1.82, 2.24) is 5.32 Å². The van der Waals surface area contributed by atoms with E-state index in [1.165, 1.54) is 0 Å². The Kier molecular flexibility index (Phi) is 2.45. The van der Waals surface area contributed by atoms with Crippen molar-refractivity contribution >= 4 is 0 Å². The second-order valence-electron chi connectivity index (χ2n) is 2.32. The largest absolute Gasteiger partial charge is 0.376 e. The van der Waals surface area contributed by atoms with Crippen LogP contribution >= 0.6 is 0 Å². The molecule has 0 aliphatic carbocycles. The number of hydrogen-bond acceptors (Lipinski definition) is 3. The SMILES string of the molecule is CCO[C@@H]1CNC[C@@H]1N. The van der Waals surface area contributed by atoms with Gasteiger partial charge in [-0.25, -0.2) is 0 Å². The van der Waals surface area contributed by atoms with Gasteiger partial charge in [-0.05, 0) is 6.92 Å². The van der Waals surface area contributed by atoms with Crippen molar-refractivity contribution in [2.75, 3.05) is 19.7 Å². The van der Waals surface area contributed by atoms with Crippen LogP contribution in [-0.4, -0.2) is 31.8 Å². The van der Waals surface area contributed by atoms with Crippen LogP contribution in [0.2, 0.25) is 0 Å². The third-order valence-corrected chi connectivity index (χ3v) is 1.58. The summed E-state index contributed by atoms with van der Waals surface area (Å²) in [5.74, 6) is 0. The van der Waals surface area contributed by atoms with E-state index in [2.05, 4.69) is 5.32 Å². The Morgan fingerprint density at radius 1 is 1.67 bits per heavy atom. The average molecular weight is 130 g/mol. The quantitative estimate of drug-likeness (QED) is 0.521. The summed E-state index contributed by atoms with van der Waals surface area (Å²) < 4.78 is 5.33. The highest BCUT2D eigenvalue weighted by Crippen LogP contribution is 2.00. The first-order valence-electron chi connectivity index (χ1n) is 3.42. The molecule has 0 unspecified atom stereocenters. The molecule has 54 valence electrons. The van der Waals surface area contributed by atoms with Crippen molar-refractivity contribution in [1.29, 1.82) is 0 Å². The van der Waals surface area contributed by atoms with Crippen LogP contribution in [0.4, 0.5) is 0 Å². The van der Waals surface area contributed by atoms with Crippen LogP contribution in [0.1, 0.15) is 6.92 Å². The highest BCUT2D eigenvalue weighted by molar-refractivity contribution is 4.84. The van der Waals surface area contributed by atoms with Crippen molar-refractivity contribution in [2.24, 2.45) is 5.73 Å². The summed E-state index contributed by atoms with van der Waals surface area (Å²) in [5.41, 5.74) is 5.68. The van der Waals surface area contributed by atoms with E-state index in [1.807, 2.05) is 6.92 Å². The van der Waals surface area contributed by atoms with Crippen LogP contribution in [-0.2, 0) is 4.74 Å². The molecule has 2 atom stereocenters. The van der Waals surface area contributed by atoms with Gasteiger partial charge in [0.15, 0.2) is 0 Å². The molecule has 3 N–H and O–H groups in total. The van der Waals surface area contributed by atoms with Gasteiger partial charge in [0, 0.05) is 25.7 Å². The molecule has 0 bridgehead atoms. The van der Waals surface area contributed by atoms with Crippen LogP contribution in [0, 0.1) is 0 Å². The fourth-order valence-electron chi connectivity index (χ4n) is 1.07. The lowest BCUT2D eigenvalue weighted by molar-refractivity contribution is 0.0671. The molecular weight excluding hydrogens is 116 g/mol. The molecule has 1 rings (SSSR count). The minimum Gasteiger partial charge on any atom is -0.376 e. The second-order valence-corrected chi connectivity index (χ2v) is 2.32. The van der Waals surface area contributed by atoms with Crippen molar-refractivity contribution in [2.45, 2.75) is 19.1 Å². The summed E-state index contributed by atoms with van der Waals surface area (Å²) in [6.07, 6.45) is 0.245. The number of hydrogen-bond donors (Lipinski definition) is 2.